The molecule has 1 saturated carbocycles. The van der Waals surface area contributed by atoms with Crippen molar-refractivity contribution in [1.29, 1.82) is 0 Å². The van der Waals surface area contributed by atoms with E-state index in [9.17, 15) is 9.59 Å². The van der Waals surface area contributed by atoms with Gasteiger partial charge in [-0.05, 0) is 47.9 Å². The SMILES string of the molecule is CC(C)(CN)CN(Cc1ccccc1NC(=O)c1cccs1)C(=O)C1CC1. The number of hydrogen-bond donors (Lipinski definition) is 2. The summed E-state index contributed by atoms with van der Waals surface area (Å²) in [6, 6.07) is 11.3. The first-order chi connectivity index (χ1) is 12.9. The van der Waals surface area contributed by atoms with Crippen molar-refractivity contribution in [2.75, 3.05) is 18.4 Å². The zero-order chi connectivity index (χ0) is 19.4. The van der Waals surface area contributed by atoms with E-state index in [1.54, 1.807) is 6.07 Å². The Morgan fingerprint density at radius 3 is 2.59 bits per heavy atom. The lowest BCUT2D eigenvalue weighted by atomic mass is 9.92. The third-order valence-corrected chi connectivity index (χ3v) is 5.65. The van der Waals surface area contributed by atoms with Crippen molar-refractivity contribution in [2.24, 2.45) is 17.1 Å². The highest BCUT2D eigenvalue weighted by molar-refractivity contribution is 7.12. The van der Waals surface area contributed by atoms with Crippen LogP contribution in [-0.4, -0.2) is 29.8 Å². The van der Waals surface area contributed by atoms with Crippen molar-refractivity contribution in [2.45, 2.75) is 33.2 Å². The van der Waals surface area contributed by atoms with Crippen LogP contribution >= 0.6 is 11.3 Å². The number of amides is 2. The normalized spacial score (nSPS) is 14.0. The Bertz CT molecular complexity index is 798. The summed E-state index contributed by atoms with van der Waals surface area (Å²) in [5, 5.41) is 4.87. The molecule has 144 valence electrons. The van der Waals surface area contributed by atoms with Crippen LogP contribution in [0.1, 0.15) is 41.9 Å². The monoisotopic (exact) mass is 385 g/mol. The quantitative estimate of drug-likeness (QED) is 0.727. The fourth-order valence-corrected chi connectivity index (χ4v) is 3.58. The minimum Gasteiger partial charge on any atom is -0.337 e. The number of nitrogens with zero attached hydrogens (tertiary/aromatic N) is 1. The van der Waals surface area contributed by atoms with Crippen molar-refractivity contribution in [3.63, 3.8) is 0 Å². The molecule has 3 N–H and O–H groups in total. The van der Waals surface area contributed by atoms with Gasteiger partial charge in [0.2, 0.25) is 5.91 Å². The Labute approximate surface area is 164 Å². The van der Waals surface area contributed by atoms with Crippen LogP contribution < -0.4 is 11.1 Å². The lowest BCUT2D eigenvalue weighted by Gasteiger charge is -2.32. The van der Waals surface area contributed by atoms with E-state index in [-0.39, 0.29) is 23.1 Å². The molecule has 2 aromatic rings. The van der Waals surface area contributed by atoms with Crippen LogP contribution in [0.25, 0.3) is 0 Å². The van der Waals surface area contributed by atoms with Gasteiger partial charge in [-0.1, -0.05) is 38.1 Å². The van der Waals surface area contributed by atoms with E-state index >= 15 is 0 Å². The van der Waals surface area contributed by atoms with Crippen LogP contribution in [0.15, 0.2) is 41.8 Å². The molecule has 0 unspecified atom stereocenters. The molecule has 0 radical (unpaired) electrons. The number of nitrogens with two attached hydrogens (primary N) is 1. The Hall–Kier alpha value is -2.18. The Morgan fingerprint density at radius 1 is 1.22 bits per heavy atom. The molecular weight excluding hydrogens is 358 g/mol. The smallest absolute Gasteiger partial charge is 0.265 e. The van der Waals surface area contributed by atoms with Crippen LogP contribution in [-0.2, 0) is 11.3 Å². The van der Waals surface area contributed by atoms with E-state index in [0.29, 0.717) is 24.5 Å². The number of rotatable bonds is 8. The molecule has 1 aliphatic carbocycles. The molecule has 1 aliphatic rings. The summed E-state index contributed by atoms with van der Waals surface area (Å²) in [5.74, 6) is 0.210. The first-order valence-corrected chi connectivity index (χ1v) is 10.2. The Kier molecular flexibility index (Phi) is 5.97. The highest BCUT2D eigenvalue weighted by Crippen LogP contribution is 2.33. The van der Waals surface area contributed by atoms with E-state index in [4.69, 9.17) is 5.73 Å². The van der Waals surface area contributed by atoms with Crippen molar-refractivity contribution >= 4 is 28.8 Å². The molecule has 3 rings (SSSR count). The summed E-state index contributed by atoms with van der Waals surface area (Å²) in [7, 11) is 0. The summed E-state index contributed by atoms with van der Waals surface area (Å²) >= 11 is 1.41. The molecule has 2 amide bonds. The third kappa shape index (κ3) is 5.17. The Balaban J connectivity index is 1.79. The molecule has 6 heteroatoms. The molecule has 1 fully saturated rings. The zero-order valence-corrected chi connectivity index (χ0v) is 16.7. The van der Waals surface area contributed by atoms with Crippen molar-refractivity contribution < 1.29 is 9.59 Å². The van der Waals surface area contributed by atoms with Crippen LogP contribution in [0.5, 0.6) is 0 Å². The van der Waals surface area contributed by atoms with E-state index < -0.39 is 0 Å². The molecule has 1 aromatic heterocycles. The first-order valence-electron chi connectivity index (χ1n) is 9.31. The number of carbonyl (C=O) groups excluding carboxylic acids is 2. The summed E-state index contributed by atoms with van der Waals surface area (Å²) in [6.45, 7) is 5.74. The van der Waals surface area contributed by atoms with Crippen molar-refractivity contribution in [1.82, 2.24) is 4.90 Å². The highest BCUT2D eigenvalue weighted by Gasteiger charge is 2.35. The van der Waals surface area contributed by atoms with Crippen LogP contribution in [0.3, 0.4) is 0 Å². The second-order valence-corrected chi connectivity index (χ2v) is 8.87. The maximum Gasteiger partial charge on any atom is 0.265 e. The van der Waals surface area contributed by atoms with Gasteiger partial charge in [0.25, 0.3) is 5.91 Å². The molecule has 0 bridgehead atoms. The number of anilines is 1. The maximum absolute atomic E-state index is 12.8. The van der Waals surface area contributed by atoms with Crippen LogP contribution in [0.2, 0.25) is 0 Å². The number of para-hydroxylation sites is 1. The average Bonchev–Trinajstić information content (AvgIpc) is 3.35. The number of nitrogens with one attached hydrogen (secondary N) is 1. The average molecular weight is 386 g/mol. The molecule has 0 spiro atoms. The van der Waals surface area contributed by atoms with Gasteiger partial charge >= 0.3 is 0 Å². The van der Waals surface area contributed by atoms with Gasteiger partial charge in [0, 0.05) is 24.7 Å². The summed E-state index contributed by atoms with van der Waals surface area (Å²) in [4.78, 5) is 27.8. The largest absolute Gasteiger partial charge is 0.337 e. The van der Waals surface area contributed by atoms with Gasteiger partial charge in [0.05, 0.1) is 4.88 Å². The summed E-state index contributed by atoms with van der Waals surface area (Å²) in [5.41, 5.74) is 7.42. The third-order valence-electron chi connectivity index (χ3n) is 4.78. The standard InChI is InChI=1S/C21H27N3O2S/c1-21(2,13-22)14-24(20(26)15-9-10-15)12-16-6-3-4-7-17(16)23-19(25)18-8-5-11-27-18/h3-8,11,15H,9-10,12-14,22H2,1-2H3,(H,23,25). The predicted octanol–water partition coefficient (Wildman–Crippen LogP) is 3.72. The van der Waals surface area contributed by atoms with E-state index in [1.807, 2.05) is 40.6 Å². The van der Waals surface area contributed by atoms with E-state index in [2.05, 4.69) is 19.2 Å². The number of thiophene rings is 1. The van der Waals surface area contributed by atoms with Crippen LogP contribution in [0.4, 0.5) is 5.69 Å². The predicted molar refractivity (Wildman–Crippen MR) is 110 cm³/mol. The van der Waals surface area contributed by atoms with E-state index in [1.165, 1.54) is 11.3 Å². The maximum atomic E-state index is 12.8. The van der Waals surface area contributed by atoms with E-state index in [0.717, 1.165) is 24.1 Å². The second-order valence-electron chi connectivity index (χ2n) is 7.93. The van der Waals surface area contributed by atoms with Crippen molar-refractivity contribution in [3.8, 4) is 0 Å². The van der Waals surface area contributed by atoms with Gasteiger partial charge in [0.1, 0.15) is 0 Å². The lowest BCUT2D eigenvalue weighted by molar-refractivity contribution is -0.134. The molecule has 27 heavy (non-hydrogen) atoms. The number of carbonyl (C=O) groups is 2. The molecule has 5 nitrogen and oxygen atoms in total. The highest BCUT2D eigenvalue weighted by atomic mass is 32.1. The van der Waals surface area contributed by atoms with Gasteiger partial charge in [-0.3, -0.25) is 9.59 Å². The number of hydrogen-bond acceptors (Lipinski definition) is 4. The van der Waals surface area contributed by atoms with Gasteiger partial charge in [0.15, 0.2) is 0 Å². The van der Waals surface area contributed by atoms with Gasteiger partial charge in [-0.2, -0.15) is 0 Å². The van der Waals surface area contributed by atoms with Crippen LogP contribution in [0, 0.1) is 11.3 Å². The molecule has 1 heterocycles. The van der Waals surface area contributed by atoms with Gasteiger partial charge in [-0.15, -0.1) is 11.3 Å². The lowest BCUT2D eigenvalue weighted by Crippen LogP contribution is -2.42. The minimum atomic E-state index is -0.153. The summed E-state index contributed by atoms with van der Waals surface area (Å²) in [6.07, 6.45) is 1.93. The zero-order valence-electron chi connectivity index (χ0n) is 15.9. The minimum absolute atomic E-state index is 0.125. The topological polar surface area (TPSA) is 75.4 Å². The fourth-order valence-electron chi connectivity index (χ4n) is 2.96. The number of benzene rings is 1. The molecule has 0 saturated heterocycles. The van der Waals surface area contributed by atoms with Gasteiger partial charge < -0.3 is 16.0 Å². The van der Waals surface area contributed by atoms with Crippen molar-refractivity contribution in [3.05, 3.63) is 52.2 Å². The fraction of sp³-hybridized carbons (Fsp3) is 0.429. The molecule has 0 aliphatic heterocycles. The second kappa shape index (κ2) is 8.23. The molecular formula is C21H27N3O2S. The Morgan fingerprint density at radius 2 is 1.96 bits per heavy atom. The first kappa shape index (κ1) is 19.6. The summed E-state index contributed by atoms with van der Waals surface area (Å²) < 4.78 is 0. The molecule has 1 aromatic carbocycles. The van der Waals surface area contributed by atoms with Gasteiger partial charge in [-0.25, -0.2) is 0 Å². The molecule has 0 atom stereocenters.